The number of carbonyl (C=O) groups is 1. The van der Waals surface area contributed by atoms with Crippen molar-refractivity contribution >= 4 is 11.5 Å². The van der Waals surface area contributed by atoms with Crippen molar-refractivity contribution in [1.29, 1.82) is 0 Å². The first kappa shape index (κ1) is 18.1. The molecule has 0 radical (unpaired) electrons. The molecule has 0 aliphatic heterocycles. The van der Waals surface area contributed by atoms with Gasteiger partial charge in [0.25, 0.3) is 0 Å². The Labute approximate surface area is 152 Å². The van der Waals surface area contributed by atoms with E-state index in [4.69, 9.17) is 9.84 Å². The zero-order chi connectivity index (χ0) is 19.1. The van der Waals surface area contributed by atoms with Gasteiger partial charge in [-0.1, -0.05) is 32.9 Å². The average Bonchev–Trinajstić information content (AvgIpc) is 2.99. The average molecular weight is 353 g/mol. The number of aromatic nitrogens is 3. The number of aliphatic hydroxyl groups is 1. The van der Waals surface area contributed by atoms with E-state index < -0.39 is 12.1 Å². The number of carbonyl (C=O) groups excluding carboxylic acids is 1. The molecule has 136 valence electrons. The van der Waals surface area contributed by atoms with Crippen molar-refractivity contribution in [2.24, 2.45) is 0 Å². The summed E-state index contributed by atoms with van der Waals surface area (Å²) in [6.07, 6.45) is 0.924. The van der Waals surface area contributed by atoms with E-state index in [1.54, 1.807) is 22.7 Å². The second kappa shape index (κ2) is 6.53. The lowest BCUT2D eigenvalue weighted by molar-refractivity contribution is 0.0593. The monoisotopic (exact) mass is 353 g/mol. The normalized spacial score (nSPS) is 13.0. The smallest absolute Gasteiger partial charge is 0.356 e. The number of ether oxygens (including phenoxy) is 1. The van der Waals surface area contributed by atoms with Crippen molar-refractivity contribution in [1.82, 2.24) is 14.6 Å². The maximum atomic E-state index is 11.8. The number of methoxy groups -OCH3 is 1. The van der Waals surface area contributed by atoms with Gasteiger partial charge in [0, 0.05) is 17.2 Å². The first-order valence-corrected chi connectivity index (χ1v) is 8.45. The van der Waals surface area contributed by atoms with E-state index in [-0.39, 0.29) is 11.1 Å². The van der Waals surface area contributed by atoms with Gasteiger partial charge in [-0.3, -0.25) is 0 Å². The number of fused-ring (bicyclic) bond motifs is 1. The Morgan fingerprint density at radius 2 is 1.96 bits per heavy atom. The molecule has 0 bridgehead atoms. The third kappa shape index (κ3) is 3.20. The second-order valence-electron chi connectivity index (χ2n) is 7.39. The maximum absolute atomic E-state index is 11.8. The number of hydrogen-bond donors (Lipinski definition) is 1. The summed E-state index contributed by atoms with van der Waals surface area (Å²) in [6.45, 7) is 8.15. The molecule has 0 saturated heterocycles. The van der Waals surface area contributed by atoms with Crippen molar-refractivity contribution in [2.45, 2.75) is 39.2 Å². The third-order valence-corrected chi connectivity index (χ3v) is 4.24. The predicted octanol–water partition coefficient (Wildman–Crippen LogP) is 3.20. The van der Waals surface area contributed by atoms with E-state index in [1.165, 1.54) is 7.11 Å². The Kier molecular flexibility index (Phi) is 4.54. The van der Waals surface area contributed by atoms with E-state index in [9.17, 15) is 9.90 Å². The highest BCUT2D eigenvalue weighted by molar-refractivity contribution is 5.87. The number of esters is 1. The summed E-state index contributed by atoms with van der Waals surface area (Å²) >= 11 is 0. The van der Waals surface area contributed by atoms with Gasteiger partial charge >= 0.3 is 5.97 Å². The highest BCUT2D eigenvalue weighted by Crippen LogP contribution is 2.34. The minimum absolute atomic E-state index is 0.161. The second-order valence-corrected chi connectivity index (χ2v) is 7.39. The molecule has 3 heterocycles. The van der Waals surface area contributed by atoms with Crippen LogP contribution in [0.1, 0.15) is 59.9 Å². The van der Waals surface area contributed by atoms with Crippen LogP contribution in [0, 0.1) is 6.92 Å². The molecule has 1 atom stereocenters. The number of aliphatic hydroxyl groups excluding tert-OH is 1. The lowest BCUT2D eigenvalue weighted by atomic mass is 9.86. The van der Waals surface area contributed by atoms with E-state index >= 15 is 0 Å². The van der Waals surface area contributed by atoms with Crippen LogP contribution >= 0.6 is 0 Å². The summed E-state index contributed by atoms with van der Waals surface area (Å²) < 4.78 is 6.51. The molecule has 3 rings (SSSR count). The zero-order valence-electron chi connectivity index (χ0n) is 15.6. The molecule has 0 aromatic carbocycles. The van der Waals surface area contributed by atoms with Gasteiger partial charge in [-0.05, 0) is 30.7 Å². The third-order valence-electron chi connectivity index (χ3n) is 4.24. The molecular formula is C20H23N3O3. The quantitative estimate of drug-likeness (QED) is 0.732. The molecule has 0 saturated carbocycles. The number of nitrogens with zero attached hydrogens (tertiary/aromatic N) is 3. The number of hydrogen-bond acceptors (Lipinski definition) is 5. The summed E-state index contributed by atoms with van der Waals surface area (Å²) in [5.74, 6) is -0.536. The van der Waals surface area contributed by atoms with Crippen molar-refractivity contribution in [3.8, 4) is 0 Å². The first-order chi connectivity index (χ1) is 12.2. The van der Waals surface area contributed by atoms with Crippen molar-refractivity contribution in [3.05, 3.63) is 64.7 Å². The van der Waals surface area contributed by atoms with Crippen LogP contribution in [0.15, 0.2) is 36.5 Å². The highest BCUT2D eigenvalue weighted by atomic mass is 16.5. The zero-order valence-corrected chi connectivity index (χ0v) is 15.6. The molecule has 0 aliphatic carbocycles. The van der Waals surface area contributed by atoms with Crippen LogP contribution in [0.3, 0.4) is 0 Å². The Bertz CT molecular complexity index is 970. The van der Waals surface area contributed by atoms with Gasteiger partial charge in [0.1, 0.15) is 11.8 Å². The van der Waals surface area contributed by atoms with Gasteiger partial charge in [0.2, 0.25) is 0 Å². The molecule has 26 heavy (non-hydrogen) atoms. The van der Waals surface area contributed by atoms with Gasteiger partial charge in [-0.15, -0.1) is 0 Å². The molecule has 0 fully saturated rings. The van der Waals surface area contributed by atoms with Crippen LogP contribution in [0.2, 0.25) is 0 Å². The summed E-state index contributed by atoms with van der Waals surface area (Å²) in [7, 11) is 1.30. The fourth-order valence-corrected chi connectivity index (χ4v) is 2.96. The summed E-state index contributed by atoms with van der Waals surface area (Å²) in [5, 5.41) is 15.8. The van der Waals surface area contributed by atoms with Gasteiger partial charge in [-0.2, -0.15) is 5.10 Å². The van der Waals surface area contributed by atoms with Crippen molar-refractivity contribution < 1.29 is 14.6 Å². The summed E-state index contributed by atoms with van der Waals surface area (Å²) in [5.41, 5.74) is 3.66. The van der Waals surface area contributed by atoms with Crippen LogP contribution in [0.5, 0.6) is 0 Å². The minimum atomic E-state index is -1.01. The van der Waals surface area contributed by atoms with Gasteiger partial charge in [-0.25, -0.2) is 14.3 Å². The molecule has 1 unspecified atom stereocenters. The SMILES string of the molecule is COC(=O)c1cccc(C(O)c2c(C(C)(C)C)nn3cc(C)ccc23)n1. The molecule has 0 spiro atoms. The Balaban J connectivity index is 2.19. The molecule has 1 N–H and O–H groups in total. The largest absolute Gasteiger partial charge is 0.464 e. The first-order valence-electron chi connectivity index (χ1n) is 8.45. The highest BCUT2D eigenvalue weighted by Gasteiger charge is 2.29. The van der Waals surface area contributed by atoms with E-state index in [1.807, 2.05) is 25.3 Å². The number of aryl methyl sites for hydroxylation is 1. The Hall–Kier alpha value is -2.73. The molecule has 3 aromatic heterocycles. The molecule has 0 amide bonds. The molecule has 0 aliphatic rings. The topological polar surface area (TPSA) is 76.7 Å². The van der Waals surface area contributed by atoms with Crippen LogP contribution in [0.4, 0.5) is 0 Å². The Morgan fingerprint density at radius 1 is 1.23 bits per heavy atom. The van der Waals surface area contributed by atoms with Gasteiger partial charge in [0.15, 0.2) is 0 Å². The van der Waals surface area contributed by atoms with Gasteiger partial charge in [0.05, 0.1) is 24.0 Å². The standard InChI is InChI=1S/C20H23N3O3/c1-12-9-10-15-16(18(20(2,3)4)22-23(15)11-12)17(24)13-7-6-8-14(21-13)19(25)26-5/h6-11,17,24H,1-5H3. The molecule has 6 heteroatoms. The van der Waals surface area contributed by atoms with Crippen LogP contribution in [0.25, 0.3) is 5.52 Å². The maximum Gasteiger partial charge on any atom is 0.356 e. The number of pyridine rings is 2. The lowest BCUT2D eigenvalue weighted by Crippen LogP contribution is -2.17. The lowest BCUT2D eigenvalue weighted by Gasteiger charge is -2.20. The van der Waals surface area contributed by atoms with Crippen molar-refractivity contribution in [3.63, 3.8) is 0 Å². The van der Waals surface area contributed by atoms with Crippen LogP contribution in [-0.2, 0) is 10.2 Å². The minimum Gasteiger partial charge on any atom is -0.464 e. The molecule has 6 nitrogen and oxygen atoms in total. The van der Waals surface area contributed by atoms with Crippen molar-refractivity contribution in [2.75, 3.05) is 7.11 Å². The van der Waals surface area contributed by atoms with E-state index in [2.05, 4.69) is 25.8 Å². The number of rotatable bonds is 3. The fraction of sp³-hybridized carbons (Fsp3) is 0.350. The summed E-state index contributed by atoms with van der Waals surface area (Å²) in [4.78, 5) is 16.1. The molecule has 3 aromatic rings. The predicted molar refractivity (Wildman–Crippen MR) is 98.3 cm³/mol. The Morgan fingerprint density at radius 3 is 2.62 bits per heavy atom. The van der Waals surface area contributed by atoms with Gasteiger partial charge < -0.3 is 9.84 Å². The summed E-state index contributed by atoms with van der Waals surface area (Å²) in [6, 6.07) is 8.87. The fourth-order valence-electron chi connectivity index (χ4n) is 2.96. The van der Waals surface area contributed by atoms with Crippen LogP contribution in [-0.4, -0.2) is 32.8 Å². The molecular weight excluding hydrogens is 330 g/mol. The van der Waals surface area contributed by atoms with Crippen LogP contribution < -0.4 is 0 Å². The van der Waals surface area contributed by atoms with E-state index in [0.29, 0.717) is 11.3 Å². The van der Waals surface area contributed by atoms with E-state index in [0.717, 1.165) is 16.8 Å².